The molecule has 2 unspecified atom stereocenters. The van der Waals surface area contributed by atoms with Gasteiger partial charge in [0.15, 0.2) is 0 Å². The van der Waals surface area contributed by atoms with Gasteiger partial charge in [-0.05, 0) is 48.8 Å². The van der Waals surface area contributed by atoms with Crippen molar-refractivity contribution in [3.8, 4) is 0 Å². The molecule has 2 fully saturated rings. The Morgan fingerprint density at radius 2 is 2.00 bits per heavy atom. The summed E-state index contributed by atoms with van der Waals surface area (Å²) in [6, 6.07) is 4.35. The first-order valence-electron chi connectivity index (χ1n) is 8.25. The summed E-state index contributed by atoms with van der Waals surface area (Å²) in [6.07, 6.45) is 8.07. The standard InChI is InChI=1S/C17H27N3/c1-2-16-9-13(11-18)10-17(19-16)20-8-7-14-5-3-4-6-15(14)12-20/h9-10,14-15H,2-8,11-12,18H2,1H3. The summed E-state index contributed by atoms with van der Waals surface area (Å²) in [5.41, 5.74) is 8.23. The molecular weight excluding hydrogens is 246 g/mol. The van der Waals surface area contributed by atoms with Crippen LogP contribution in [0.3, 0.4) is 0 Å². The van der Waals surface area contributed by atoms with Gasteiger partial charge in [-0.15, -0.1) is 0 Å². The van der Waals surface area contributed by atoms with Gasteiger partial charge in [-0.3, -0.25) is 0 Å². The number of aryl methyl sites for hydroxylation is 1. The number of anilines is 1. The Labute approximate surface area is 122 Å². The zero-order valence-corrected chi connectivity index (χ0v) is 12.6. The summed E-state index contributed by atoms with van der Waals surface area (Å²) in [5, 5.41) is 0. The lowest BCUT2D eigenvalue weighted by molar-refractivity contribution is 0.202. The third-order valence-electron chi connectivity index (χ3n) is 5.14. The molecule has 0 radical (unpaired) electrons. The third-order valence-corrected chi connectivity index (χ3v) is 5.14. The van der Waals surface area contributed by atoms with Gasteiger partial charge < -0.3 is 10.6 Å². The number of nitrogens with two attached hydrogens (primary N) is 1. The summed E-state index contributed by atoms with van der Waals surface area (Å²) in [7, 11) is 0. The second-order valence-corrected chi connectivity index (χ2v) is 6.42. The Morgan fingerprint density at radius 3 is 2.75 bits per heavy atom. The van der Waals surface area contributed by atoms with E-state index in [1.807, 2.05) is 0 Å². The fourth-order valence-electron chi connectivity index (χ4n) is 3.90. The number of piperidine rings is 1. The lowest BCUT2D eigenvalue weighted by atomic mass is 9.75. The summed E-state index contributed by atoms with van der Waals surface area (Å²) in [5.74, 6) is 3.03. The first-order valence-corrected chi connectivity index (χ1v) is 8.25. The molecule has 0 aromatic carbocycles. The van der Waals surface area contributed by atoms with Crippen LogP contribution in [-0.2, 0) is 13.0 Å². The summed E-state index contributed by atoms with van der Waals surface area (Å²) in [6.45, 7) is 5.16. The molecule has 3 rings (SSSR count). The van der Waals surface area contributed by atoms with Crippen molar-refractivity contribution < 1.29 is 0 Å². The topological polar surface area (TPSA) is 42.1 Å². The van der Waals surface area contributed by atoms with Gasteiger partial charge in [0.2, 0.25) is 0 Å². The summed E-state index contributed by atoms with van der Waals surface area (Å²) >= 11 is 0. The number of hydrogen-bond donors (Lipinski definition) is 1. The van der Waals surface area contributed by atoms with E-state index in [-0.39, 0.29) is 0 Å². The minimum atomic E-state index is 0.614. The molecule has 0 bridgehead atoms. The van der Waals surface area contributed by atoms with E-state index in [0.29, 0.717) is 6.54 Å². The van der Waals surface area contributed by atoms with E-state index < -0.39 is 0 Å². The number of rotatable bonds is 3. The first-order chi connectivity index (χ1) is 9.80. The molecule has 1 aromatic heterocycles. The lowest BCUT2D eigenvalue weighted by Crippen LogP contribution is -2.42. The van der Waals surface area contributed by atoms with Gasteiger partial charge >= 0.3 is 0 Å². The molecule has 2 N–H and O–H groups in total. The maximum atomic E-state index is 5.83. The van der Waals surface area contributed by atoms with Gasteiger partial charge in [0.25, 0.3) is 0 Å². The van der Waals surface area contributed by atoms with Crippen molar-refractivity contribution in [2.45, 2.75) is 52.0 Å². The molecule has 1 aliphatic heterocycles. The predicted molar refractivity (Wildman–Crippen MR) is 83.8 cm³/mol. The van der Waals surface area contributed by atoms with Crippen molar-refractivity contribution >= 4 is 5.82 Å². The molecule has 2 aliphatic rings. The van der Waals surface area contributed by atoms with Crippen molar-refractivity contribution in [2.75, 3.05) is 18.0 Å². The number of fused-ring (bicyclic) bond motifs is 1. The molecule has 110 valence electrons. The fraction of sp³-hybridized carbons (Fsp3) is 0.706. The zero-order chi connectivity index (χ0) is 13.9. The normalized spacial score (nSPS) is 26.4. The van der Waals surface area contributed by atoms with E-state index in [1.54, 1.807) is 0 Å². The van der Waals surface area contributed by atoms with Gasteiger partial charge in [-0.1, -0.05) is 26.2 Å². The fourth-order valence-corrected chi connectivity index (χ4v) is 3.90. The van der Waals surface area contributed by atoms with E-state index >= 15 is 0 Å². The van der Waals surface area contributed by atoms with Crippen LogP contribution in [0.4, 0.5) is 5.82 Å². The van der Waals surface area contributed by atoms with Crippen LogP contribution in [0.5, 0.6) is 0 Å². The highest BCUT2D eigenvalue weighted by atomic mass is 15.2. The first kappa shape index (κ1) is 13.9. The van der Waals surface area contributed by atoms with E-state index in [4.69, 9.17) is 10.7 Å². The van der Waals surface area contributed by atoms with Crippen LogP contribution >= 0.6 is 0 Å². The van der Waals surface area contributed by atoms with E-state index in [1.165, 1.54) is 56.5 Å². The average Bonchev–Trinajstić information content (AvgIpc) is 2.53. The molecule has 2 atom stereocenters. The highest BCUT2D eigenvalue weighted by Gasteiger charge is 2.31. The maximum absolute atomic E-state index is 5.83. The Morgan fingerprint density at radius 1 is 1.20 bits per heavy atom. The number of nitrogens with zero attached hydrogens (tertiary/aromatic N) is 2. The number of hydrogen-bond acceptors (Lipinski definition) is 3. The molecule has 20 heavy (non-hydrogen) atoms. The molecule has 2 heterocycles. The molecule has 3 heteroatoms. The average molecular weight is 273 g/mol. The molecule has 0 spiro atoms. The largest absolute Gasteiger partial charge is 0.356 e. The Kier molecular flexibility index (Phi) is 4.25. The highest BCUT2D eigenvalue weighted by molar-refractivity contribution is 5.43. The van der Waals surface area contributed by atoms with Gasteiger partial charge in [0.05, 0.1) is 0 Å². The highest BCUT2D eigenvalue weighted by Crippen LogP contribution is 2.37. The Balaban J connectivity index is 1.78. The van der Waals surface area contributed by atoms with Gasteiger partial charge in [-0.2, -0.15) is 0 Å². The molecular formula is C17H27N3. The van der Waals surface area contributed by atoms with Crippen molar-refractivity contribution in [3.05, 3.63) is 23.4 Å². The minimum absolute atomic E-state index is 0.614. The van der Waals surface area contributed by atoms with Gasteiger partial charge in [0, 0.05) is 25.3 Å². The van der Waals surface area contributed by atoms with E-state index in [0.717, 1.165) is 24.1 Å². The van der Waals surface area contributed by atoms with Crippen LogP contribution in [0.15, 0.2) is 12.1 Å². The molecule has 1 aliphatic carbocycles. The molecule has 1 saturated carbocycles. The van der Waals surface area contributed by atoms with Crippen molar-refractivity contribution in [3.63, 3.8) is 0 Å². The quantitative estimate of drug-likeness (QED) is 0.920. The molecule has 3 nitrogen and oxygen atoms in total. The second-order valence-electron chi connectivity index (χ2n) is 6.42. The number of aromatic nitrogens is 1. The predicted octanol–water partition coefficient (Wildman–Crippen LogP) is 3.12. The van der Waals surface area contributed by atoms with Crippen LogP contribution < -0.4 is 10.6 Å². The van der Waals surface area contributed by atoms with E-state index in [2.05, 4.69) is 24.0 Å². The van der Waals surface area contributed by atoms with Gasteiger partial charge in [-0.25, -0.2) is 4.98 Å². The van der Waals surface area contributed by atoms with Crippen molar-refractivity contribution in [1.82, 2.24) is 4.98 Å². The summed E-state index contributed by atoms with van der Waals surface area (Å²) in [4.78, 5) is 7.34. The SMILES string of the molecule is CCc1cc(CN)cc(N2CCC3CCCCC3C2)n1. The zero-order valence-electron chi connectivity index (χ0n) is 12.6. The van der Waals surface area contributed by atoms with Crippen LogP contribution in [0.1, 0.15) is 50.3 Å². The molecule has 1 saturated heterocycles. The van der Waals surface area contributed by atoms with Crippen molar-refractivity contribution in [2.24, 2.45) is 17.6 Å². The smallest absolute Gasteiger partial charge is 0.129 e. The lowest BCUT2D eigenvalue weighted by Gasteiger charge is -2.42. The third kappa shape index (κ3) is 2.83. The number of pyridine rings is 1. The summed E-state index contributed by atoms with van der Waals surface area (Å²) < 4.78 is 0. The minimum Gasteiger partial charge on any atom is -0.356 e. The second kappa shape index (κ2) is 6.13. The monoisotopic (exact) mass is 273 g/mol. The van der Waals surface area contributed by atoms with Gasteiger partial charge in [0.1, 0.15) is 5.82 Å². The Hall–Kier alpha value is -1.09. The van der Waals surface area contributed by atoms with Crippen LogP contribution in [-0.4, -0.2) is 18.1 Å². The van der Waals surface area contributed by atoms with Crippen LogP contribution in [0.25, 0.3) is 0 Å². The van der Waals surface area contributed by atoms with Crippen LogP contribution in [0.2, 0.25) is 0 Å². The molecule has 1 aromatic rings. The maximum Gasteiger partial charge on any atom is 0.129 e. The van der Waals surface area contributed by atoms with E-state index in [9.17, 15) is 0 Å². The molecule has 0 amide bonds. The van der Waals surface area contributed by atoms with Crippen LogP contribution in [0, 0.1) is 11.8 Å². The van der Waals surface area contributed by atoms with Crippen molar-refractivity contribution in [1.29, 1.82) is 0 Å². The Bertz CT molecular complexity index is 435.